The Kier molecular flexibility index (Phi) is 11.2. The summed E-state index contributed by atoms with van der Waals surface area (Å²) in [6.45, 7) is 5.55. The number of amides is 1. The monoisotopic (exact) mass is 631 g/mol. The highest BCUT2D eigenvalue weighted by Gasteiger charge is 2.47. The molecule has 1 saturated carbocycles. The number of carbonyl (C=O) groups is 1. The van der Waals surface area contributed by atoms with Crippen molar-refractivity contribution in [1.29, 1.82) is 0 Å². The average Bonchev–Trinajstić information content (AvgIpc) is 3.20. The minimum absolute atomic E-state index is 0.0549. The second-order valence-electron chi connectivity index (χ2n) is 10.9. The van der Waals surface area contributed by atoms with Gasteiger partial charge >= 0.3 is 23.9 Å². The molecule has 3 rings (SSSR count). The van der Waals surface area contributed by atoms with E-state index < -0.39 is 58.4 Å². The van der Waals surface area contributed by atoms with Gasteiger partial charge in [-0.1, -0.05) is 44.5 Å². The van der Waals surface area contributed by atoms with Crippen LogP contribution in [0.1, 0.15) is 75.0 Å². The largest absolute Gasteiger partial charge is 0.417 e. The molecule has 1 aliphatic carbocycles. The van der Waals surface area contributed by atoms with E-state index in [1.807, 2.05) is 0 Å². The summed E-state index contributed by atoms with van der Waals surface area (Å²) in [7, 11) is 0. The van der Waals surface area contributed by atoms with Crippen LogP contribution < -0.4 is 5.32 Å². The predicted molar refractivity (Wildman–Crippen MR) is 141 cm³/mol. The summed E-state index contributed by atoms with van der Waals surface area (Å²) in [5.74, 6) is -0.274. The second-order valence-corrected chi connectivity index (χ2v) is 11.4. The van der Waals surface area contributed by atoms with Crippen LogP contribution in [0.5, 0.6) is 0 Å². The SMILES string of the molecule is CCn1nc(C(=O)NCC2(O)CCC(C)CC2)c(Cl)c1-c1ccc(CC(C)(C)C(F)(F)F)cc1C(F)(F)F.O=S=O. The minimum atomic E-state index is -4.91. The van der Waals surface area contributed by atoms with Gasteiger partial charge in [0.05, 0.1) is 27.3 Å². The number of hydrogen-bond donors (Lipinski definition) is 2. The highest BCUT2D eigenvalue weighted by atomic mass is 35.5. The van der Waals surface area contributed by atoms with E-state index in [4.69, 9.17) is 20.0 Å². The van der Waals surface area contributed by atoms with Crippen LogP contribution in [0.15, 0.2) is 18.2 Å². The number of aromatic nitrogens is 2. The van der Waals surface area contributed by atoms with E-state index in [2.05, 4.69) is 17.3 Å². The van der Waals surface area contributed by atoms with Gasteiger partial charge in [0.15, 0.2) is 5.69 Å². The third kappa shape index (κ3) is 8.54. The number of aryl methyl sites for hydroxylation is 1. The van der Waals surface area contributed by atoms with Crippen LogP contribution in [-0.4, -0.2) is 47.5 Å². The Morgan fingerprint density at radius 1 is 1.17 bits per heavy atom. The van der Waals surface area contributed by atoms with Crippen molar-refractivity contribution in [3.05, 3.63) is 40.0 Å². The summed E-state index contributed by atoms with van der Waals surface area (Å²) in [5.41, 5.74) is -5.52. The van der Waals surface area contributed by atoms with Crippen molar-refractivity contribution >= 4 is 29.1 Å². The Labute approximate surface area is 242 Å². The predicted octanol–water partition coefficient (Wildman–Crippen LogP) is 6.37. The number of benzene rings is 1. The Balaban J connectivity index is 0.00000187. The van der Waals surface area contributed by atoms with Crippen LogP contribution in [0.25, 0.3) is 11.3 Å². The molecule has 0 saturated heterocycles. The smallest absolute Gasteiger partial charge is 0.388 e. The maximum atomic E-state index is 14.1. The molecule has 2 N–H and O–H groups in total. The maximum absolute atomic E-state index is 14.1. The van der Waals surface area contributed by atoms with Gasteiger partial charge in [0.1, 0.15) is 0 Å². The number of nitrogens with one attached hydrogen (secondary N) is 1. The topological polar surface area (TPSA) is 101 Å². The van der Waals surface area contributed by atoms with Gasteiger partial charge in [-0.25, -0.2) is 0 Å². The van der Waals surface area contributed by atoms with Crippen molar-refractivity contribution in [3.63, 3.8) is 0 Å². The number of hydrogen-bond acceptors (Lipinski definition) is 5. The van der Waals surface area contributed by atoms with Crippen LogP contribution in [0.3, 0.4) is 0 Å². The summed E-state index contributed by atoms with van der Waals surface area (Å²) in [4.78, 5) is 12.9. The lowest BCUT2D eigenvalue weighted by molar-refractivity contribution is -0.211. The van der Waals surface area contributed by atoms with E-state index >= 15 is 0 Å². The molecule has 0 bridgehead atoms. The zero-order valence-corrected chi connectivity index (χ0v) is 24.5. The number of aliphatic hydroxyl groups is 1. The van der Waals surface area contributed by atoms with Crippen LogP contribution in [0, 0.1) is 11.3 Å². The highest BCUT2D eigenvalue weighted by molar-refractivity contribution is 7.51. The van der Waals surface area contributed by atoms with E-state index in [1.165, 1.54) is 6.07 Å². The molecule has 0 radical (unpaired) electrons. The second kappa shape index (κ2) is 13.2. The highest BCUT2D eigenvalue weighted by Crippen LogP contribution is 2.44. The first kappa shape index (κ1) is 34.7. The quantitative estimate of drug-likeness (QED) is 0.346. The number of carbonyl (C=O) groups excluding carboxylic acids is 1. The maximum Gasteiger partial charge on any atom is 0.417 e. The molecule has 230 valence electrons. The summed E-state index contributed by atoms with van der Waals surface area (Å²) in [6, 6.07) is 2.94. The Bertz CT molecular complexity index is 1270. The van der Waals surface area contributed by atoms with E-state index in [0.717, 1.165) is 37.4 Å². The molecule has 0 atom stereocenters. The summed E-state index contributed by atoms with van der Waals surface area (Å²) in [5, 5.41) is 17.1. The van der Waals surface area contributed by atoms with Crippen LogP contribution in [0.2, 0.25) is 5.02 Å². The van der Waals surface area contributed by atoms with E-state index in [-0.39, 0.29) is 35.1 Å². The lowest BCUT2D eigenvalue weighted by atomic mass is 9.79. The van der Waals surface area contributed by atoms with E-state index in [9.17, 15) is 36.2 Å². The van der Waals surface area contributed by atoms with E-state index in [1.54, 1.807) is 6.92 Å². The van der Waals surface area contributed by atoms with Gasteiger partial charge in [-0.05, 0) is 56.6 Å². The number of halogens is 7. The molecule has 0 spiro atoms. The summed E-state index contributed by atoms with van der Waals surface area (Å²) < 4.78 is 100. The number of nitrogens with zero attached hydrogens (tertiary/aromatic N) is 2. The molecule has 1 amide bonds. The van der Waals surface area contributed by atoms with Gasteiger partial charge in [0.25, 0.3) is 5.91 Å². The number of alkyl halides is 6. The number of rotatable bonds is 7. The van der Waals surface area contributed by atoms with Crippen molar-refractivity contribution < 1.29 is 44.7 Å². The molecule has 1 aromatic carbocycles. The third-order valence-electron chi connectivity index (χ3n) is 7.25. The zero-order valence-electron chi connectivity index (χ0n) is 22.9. The normalized spacial score (nSPS) is 19.8. The van der Waals surface area contributed by atoms with Crippen molar-refractivity contribution in [2.75, 3.05) is 6.54 Å². The van der Waals surface area contributed by atoms with Gasteiger partial charge in [-0.2, -0.15) is 39.9 Å². The first-order chi connectivity index (χ1) is 18.8. The Morgan fingerprint density at radius 3 is 2.22 bits per heavy atom. The fourth-order valence-electron chi connectivity index (χ4n) is 4.63. The lowest BCUT2D eigenvalue weighted by Gasteiger charge is -2.34. The lowest BCUT2D eigenvalue weighted by Crippen LogP contribution is -2.45. The van der Waals surface area contributed by atoms with Crippen LogP contribution >= 0.6 is 11.6 Å². The van der Waals surface area contributed by atoms with Crippen LogP contribution in [0.4, 0.5) is 26.3 Å². The molecule has 2 aromatic rings. The Morgan fingerprint density at radius 2 is 1.73 bits per heavy atom. The molecule has 7 nitrogen and oxygen atoms in total. The average molecular weight is 632 g/mol. The minimum Gasteiger partial charge on any atom is -0.388 e. The molecule has 0 unspecified atom stereocenters. The summed E-state index contributed by atoms with van der Waals surface area (Å²) >= 11 is 5.67. The molecular weight excluding hydrogens is 600 g/mol. The van der Waals surface area contributed by atoms with Gasteiger partial charge < -0.3 is 10.4 Å². The van der Waals surface area contributed by atoms with Gasteiger partial charge in [-0.15, -0.1) is 0 Å². The Hall–Kier alpha value is -2.45. The molecule has 1 fully saturated rings. The molecule has 1 heterocycles. The molecule has 1 aliphatic rings. The first-order valence-electron chi connectivity index (χ1n) is 12.8. The molecule has 0 aliphatic heterocycles. The molecule has 1 aromatic heterocycles. The van der Waals surface area contributed by atoms with Crippen molar-refractivity contribution in [3.8, 4) is 11.3 Å². The molecular formula is C26H32ClF6N3O4S. The van der Waals surface area contributed by atoms with Crippen molar-refractivity contribution in [1.82, 2.24) is 15.1 Å². The fraction of sp³-hybridized carbons (Fsp3) is 0.615. The fourth-order valence-corrected chi connectivity index (χ4v) is 4.95. The molecule has 41 heavy (non-hydrogen) atoms. The molecule has 15 heteroatoms. The first-order valence-corrected chi connectivity index (χ1v) is 13.8. The third-order valence-corrected chi connectivity index (χ3v) is 7.61. The van der Waals surface area contributed by atoms with Crippen molar-refractivity contribution in [2.45, 2.75) is 84.3 Å². The van der Waals surface area contributed by atoms with Crippen LogP contribution in [-0.2, 0) is 30.7 Å². The van der Waals surface area contributed by atoms with Gasteiger partial charge in [0, 0.05) is 18.7 Å². The van der Waals surface area contributed by atoms with Crippen molar-refractivity contribution in [2.24, 2.45) is 11.3 Å². The standard InChI is InChI=1S/C26H32ClF6N3O2.O2S/c1-5-36-21(19(27)20(35-36)22(37)34-14-24(38)10-8-15(2)9-11-24)17-7-6-16(12-18(17)25(28,29)30)13-23(3,4)26(31,32)33;1-3-2/h6-7,12,15,38H,5,8-11,13-14H2,1-4H3,(H,34,37);. The van der Waals surface area contributed by atoms with Gasteiger partial charge in [-0.3, -0.25) is 9.48 Å². The van der Waals surface area contributed by atoms with E-state index in [0.29, 0.717) is 24.8 Å². The van der Waals surface area contributed by atoms with Gasteiger partial charge in [0.2, 0.25) is 0 Å². The zero-order chi connectivity index (χ0) is 31.4. The summed E-state index contributed by atoms with van der Waals surface area (Å²) in [6.07, 6.45) is -7.57.